The first-order chi connectivity index (χ1) is 5.92. The summed E-state index contributed by atoms with van der Waals surface area (Å²) >= 11 is 0. The molecule has 1 heterocycles. The van der Waals surface area contributed by atoms with E-state index in [2.05, 4.69) is 32.6 Å². The van der Waals surface area contributed by atoms with E-state index >= 15 is 0 Å². The number of hydrogen-bond acceptors (Lipinski definition) is 2. The van der Waals surface area contributed by atoms with Crippen molar-refractivity contribution in [1.29, 1.82) is 0 Å². The molecular formula is C11H23NO. The van der Waals surface area contributed by atoms with E-state index in [4.69, 9.17) is 0 Å². The van der Waals surface area contributed by atoms with Gasteiger partial charge in [0.1, 0.15) is 0 Å². The minimum Gasteiger partial charge on any atom is -0.393 e. The van der Waals surface area contributed by atoms with Crippen LogP contribution in [0.3, 0.4) is 0 Å². The highest BCUT2D eigenvalue weighted by Crippen LogP contribution is 2.28. The van der Waals surface area contributed by atoms with Gasteiger partial charge in [-0.15, -0.1) is 0 Å². The molecule has 2 heteroatoms. The fourth-order valence-electron chi connectivity index (χ4n) is 2.19. The molecular weight excluding hydrogens is 162 g/mol. The van der Waals surface area contributed by atoms with Gasteiger partial charge in [0.2, 0.25) is 0 Å². The maximum absolute atomic E-state index is 9.57. The number of hydrogen-bond donors (Lipinski definition) is 1. The Kier molecular flexibility index (Phi) is 3.36. The summed E-state index contributed by atoms with van der Waals surface area (Å²) in [6, 6.07) is 0. The molecule has 1 unspecified atom stereocenters. The lowest BCUT2D eigenvalue weighted by molar-refractivity contribution is -0.00809. The van der Waals surface area contributed by atoms with E-state index in [9.17, 15) is 5.11 Å². The Morgan fingerprint density at radius 1 is 1.46 bits per heavy atom. The van der Waals surface area contributed by atoms with E-state index in [-0.39, 0.29) is 11.6 Å². The van der Waals surface area contributed by atoms with Gasteiger partial charge in [-0.05, 0) is 32.6 Å². The van der Waals surface area contributed by atoms with Gasteiger partial charge in [0.05, 0.1) is 6.10 Å². The molecule has 0 amide bonds. The number of nitrogens with zero attached hydrogens (tertiary/aromatic N) is 1. The van der Waals surface area contributed by atoms with Crippen molar-refractivity contribution in [2.45, 2.75) is 52.2 Å². The molecule has 0 radical (unpaired) electrons. The van der Waals surface area contributed by atoms with Crippen molar-refractivity contribution < 1.29 is 5.11 Å². The molecule has 0 spiro atoms. The minimum absolute atomic E-state index is 0.0848. The van der Waals surface area contributed by atoms with E-state index < -0.39 is 0 Å². The lowest BCUT2D eigenvalue weighted by Gasteiger charge is -2.45. The second kappa shape index (κ2) is 3.97. The van der Waals surface area contributed by atoms with E-state index in [0.29, 0.717) is 0 Å². The number of aliphatic hydroxyl groups excluding tert-OH is 1. The van der Waals surface area contributed by atoms with Crippen molar-refractivity contribution in [1.82, 2.24) is 4.90 Å². The standard InChI is InChI=1S/C11H23NO/c1-9(2)8-12-6-5-10(13)7-11(12,3)4/h9-10,13H,5-8H2,1-4H3. The number of rotatable bonds is 2. The van der Waals surface area contributed by atoms with Gasteiger partial charge in [-0.1, -0.05) is 13.8 Å². The second-order valence-corrected chi connectivity index (χ2v) is 5.30. The van der Waals surface area contributed by atoms with E-state index in [1.807, 2.05) is 0 Å². The first kappa shape index (κ1) is 11.0. The summed E-state index contributed by atoms with van der Waals surface area (Å²) in [5.41, 5.74) is 0.182. The number of likely N-dealkylation sites (tertiary alicyclic amines) is 1. The van der Waals surface area contributed by atoms with Gasteiger partial charge in [-0.25, -0.2) is 0 Å². The van der Waals surface area contributed by atoms with Crippen LogP contribution in [0.25, 0.3) is 0 Å². The molecule has 0 aromatic heterocycles. The zero-order chi connectivity index (χ0) is 10.1. The molecule has 1 atom stereocenters. The predicted molar refractivity (Wildman–Crippen MR) is 55.7 cm³/mol. The molecule has 0 aromatic carbocycles. The third kappa shape index (κ3) is 2.96. The predicted octanol–water partition coefficient (Wildman–Crippen LogP) is 1.88. The van der Waals surface area contributed by atoms with Crippen molar-refractivity contribution in [2.75, 3.05) is 13.1 Å². The summed E-state index contributed by atoms with van der Waals surface area (Å²) in [6.07, 6.45) is 1.77. The van der Waals surface area contributed by atoms with E-state index in [0.717, 1.165) is 31.8 Å². The van der Waals surface area contributed by atoms with Gasteiger partial charge in [0, 0.05) is 18.6 Å². The summed E-state index contributed by atoms with van der Waals surface area (Å²) in [7, 11) is 0. The van der Waals surface area contributed by atoms with Gasteiger partial charge < -0.3 is 5.11 Å². The molecule has 0 saturated carbocycles. The van der Waals surface area contributed by atoms with Crippen LogP contribution in [-0.4, -0.2) is 34.7 Å². The van der Waals surface area contributed by atoms with Crippen molar-refractivity contribution in [3.8, 4) is 0 Å². The van der Waals surface area contributed by atoms with Gasteiger partial charge in [0.15, 0.2) is 0 Å². The molecule has 0 aliphatic carbocycles. The van der Waals surface area contributed by atoms with Gasteiger partial charge in [-0.2, -0.15) is 0 Å². The van der Waals surface area contributed by atoms with Gasteiger partial charge in [-0.3, -0.25) is 4.90 Å². The highest BCUT2D eigenvalue weighted by molar-refractivity contribution is 4.89. The molecule has 78 valence electrons. The van der Waals surface area contributed by atoms with Gasteiger partial charge >= 0.3 is 0 Å². The zero-order valence-corrected chi connectivity index (χ0v) is 9.38. The lowest BCUT2D eigenvalue weighted by Crippen LogP contribution is -2.52. The van der Waals surface area contributed by atoms with Crippen LogP contribution in [0.2, 0.25) is 0 Å². The Labute approximate surface area is 81.9 Å². The molecule has 1 saturated heterocycles. The molecule has 1 aliphatic heterocycles. The first-order valence-electron chi connectivity index (χ1n) is 5.35. The lowest BCUT2D eigenvalue weighted by atomic mass is 9.88. The van der Waals surface area contributed by atoms with Crippen LogP contribution in [0.4, 0.5) is 0 Å². The Balaban J connectivity index is 2.54. The fraction of sp³-hybridized carbons (Fsp3) is 1.00. The molecule has 0 bridgehead atoms. The zero-order valence-electron chi connectivity index (χ0n) is 9.38. The average molecular weight is 185 g/mol. The smallest absolute Gasteiger partial charge is 0.0569 e. The third-order valence-electron chi connectivity index (χ3n) is 2.91. The minimum atomic E-state index is -0.0848. The molecule has 0 aromatic rings. The number of piperidine rings is 1. The van der Waals surface area contributed by atoms with Crippen LogP contribution in [0.5, 0.6) is 0 Å². The molecule has 1 rings (SSSR count). The second-order valence-electron chi connectivity index (χ2n) is 5.30. The number of aliphatic hydroxyl groups is 1. The topological polar surface area (TPSA) is 23.5 Å². The van der Waals surface area contributed by atoms with Crippen LogP contribution in [0.15, 0.2) is 0 Å². The Morgan fingerprint density at radius 3 is 2.54 bits per heavy atom. The van der Waals surface area contributed by atoms with Crippen LogP contribution in [-0.2, 0) is 0 Å². The quantitative estimate of drug-likeness (QED) is 0.710. The molecule has 1 fully saturated rings. The van der Waals surface area contributed by atoms with Gasteiger partial charge in [0.25, 0.3) is 0 Å². The largest absolute Gasteiger partial charge is 0.393 e. The highest BCUT2D eigenvalue weighted by Gasteiger charge is 2.33. The molecule has 1 aliphatic rings. The third-order valence-corrected chi connectivity index (χ3v) is 2.91. The first-order valence-corrected chi connectivity index (χ1v) is 5.35. The maximum atomic E-state index is 9.57. The van der Waals surface area contributed by atoms with Crippen LogP contribution in [0, 0.1) is 5.92 Å². The van der Waals surface area contributed by atoms with E-state index in [1.165, 1.54) is 0 Å². The Morgan fingerprint density at radius 2 is 2.08 bits per heavy atom. The fourth-order valence-corrected chi connectivity index (χ4v) is 2.19. The van der Waals surface area contributed by atoms with Crippen molar-refractivity contribution in [3.05, 3.63) is 0 Å². The molecule has 13 heavy (non-hydrogen) atoms. The average Bonchev–Trinajstić information content (AvgIpc) is 1.93. The Bertz CT molecular complexity index is 165. The summed E-state index contributed by atoms with van der Waals surface area (Å²) in [5, 5.41) is 9.57. The maximum Gasteiger partial charge on any atom is 0.0569 e. The summed E-state index contributed by atoms with van der Waals surface area (Å²) in [6.45, 7) is 11.2. The van der Waals surface area contributed by atoms with Crippen LogP contribution < -0.4 is 0 Å². The summed E-state index contributed by atoms with van der Waals surface area (Å²) < 4.78 is 0. The van der Waals surface area contributed by atoms with Crippen LogP contribution in [0.1, 0.15) is 40.5 Å². The highest BCUT2D eigenvalue weighted by atomic mass is 16.3. The Hall–Kier alpha value is -0.0800. The van der Waals surface area contributed by atoms with Crippen molar-refractivity contribution in [3.63, 3.8) is 0 Å². The van der Waals surface area contributed by atoms with Crippen LogP contribution >= 0.6 is 0 Å². The molecule has 2 nitrogen and oxygen atoms in total. The monoisotopic (exact) mass is 185 g/mol. The van der Waals surface area contributed by atoms with E-state index in [1.54, 1.807) is 0 Å². The molecule has 1 N–H and O–H groups in total. The van der Waals surface area contributed by atoms with Crippen molar-refractivity contribution in [2.24, 2.45) is 5.92 Å². The summed E-state index contributed by atoms with van der Waals surface area (Å²) in [5.74, 6) is 0.717. The SMILES string of the molecule is CC(C)CN1CCC(O)CC1(C)C. The van der Waals surface area contributed by atoms with Crippen molar-refractivity contribution >= 4 is 0 Å². The normalized spacial score (nSPS) is 29.5. The summed E-state index contributed by atoms with van der Waals surface area (Å²) in [4.78, 5) is 2.50.